The summed E-state index contributed by atoms with van der Waals surface area (Å²) >= 11 is 5.85. The van der Waals surface area contributed by atoms with E-state index in [9.17, 15) is 4.39 Å². The van der Waals surface area contributed by atoms with Gasteiger partial charge in [-0.1, -0.05) is 36.7 Å². The van der Waals surface area contributed by atoms with Gasteiger partial charge in [-0.3, -0.25) is 4.98 Å². The summed E-state index contributed by atoms with van der Waals surface area (Å²) in [5.74, 6) is -0.348. The number of likely N-dealkylation sites (N-methyl/N-ethyl adjacent to an activating group) is 1. The van der Waals surface area contributed by atoms with Crippen molar-refractivity contribution in [3.05, 3.63) is 64.7 Å². The van der Waals surface area contributed by atoms with Crippen molar-refractivity contribution in [2.45, 2.75) is 19.4 Å². The summed E-state index contributed by atoms with van der Waals surface area (Å²) in [4.78, 5) is 4.08. The van der Waals surface area contributed by atoms with Crippen molar-refractivity contribution in [2.24, 2.45) is 0 Å². The van der Waals surface area contributed by atoms with Gasteiger partial charge in [0.25, 0.3) is 0 Å². The number of benzene rings is 1. The highest BCUT2D eigenvalue weighted by Gasteiger charge is 2.17. The average molecular weight is 279 g/mol. The number of hydrogen-bond donors (Lipinski definition) is 1. The van der Waals surface area contributed by atoms with Gasteiger partial charge in [-0.2, -0.15) is 0 Å². The zero-order chi connectivity index (χ0) is 13.7. The second-order valence-electron chi connectivity index (χ2n) is 4.32. The maximum Gasteiger partial charge on any atom is 0.146 e. The Morgan fingerprint density at radius 2 is 2.16 bits per heavy atom. The van der Waals surface area contributed by atoms with E-state index >= 15 is 0 Å². The number of nitrogens with one attached hydrogen (secondary N) is 1. The van der Waals surface area contributed by atoms with E-state index in [2.05, 4.69) is 10.3 Å². The van der Waals surface area contributed by atoms with Gasteiger partial charge >= 0.3 is 0 Å². The maximum absolute atomic E-state index is 14.1. The molecule has 2 rings (SSSR count). The first-order chi connectivity index (χ1) is 9.22. The fourth-order valence-corrected chi connectivity index (χ4v) is 2.26. The van der Waals surface area contributed by atoms with Crippen LogP contribution in [0.3, 0.4) is 0 Å². The van der Waals surface area contributed by atoms with Crippen LogP contribution in [0.1, 0.15) is 24.1 Å². The van der Waals surface area contributed by atoms with Crippen LogP contribution in [0, 0.1) is 5.82 Å². The fourth-order valence-electron chi connectivity index (χ4n) is 2.08. The molecule has 1 unspecified atom stereocenters. The standard InChI is InChI=1S/C15H16ClFN2/c1-2-19-14(9-11-5-4-8-18-10-11)12-6-3-7-13(16)15(12)17/h3-8,10,14,19H,2,9H2,1H3. The summed E-state index contributed by atoms with van der Waals surface area (Å²) in [7, 11) is 0. The molecule has 0 aliphatic carbocycles. The summed E-state index contributed by atoms with van der Waals surface area (Å²) in [6.07, 6.45) is 4.21. The van der Waals surface area contributed by atoms with Crippen molar-refractivity contribution < 1.29 is 4.39 Å². The second kappa shape index (κ2) is 6.64. The second-order valence-corrected chi connectivity index (χ2v) is 4.73. The van der Waals surface area contributed by atoms with Crippen LogP contribution in [0.25, 0.3) is 0 Å². The molecule has 0 spiro atoms. The Morgan fingerprint density at radius 1 is 1.32 bits per heavy atom. The molecule has 100 valence electrons. The number of hydrogen-bond acceptors (Lipinski definition) is 2. The Morgan fingerprint density at radius 3 is 2.84 bits per heavy atom. The molecule has 1 aromatic carbocycles. The van der Waals surface area contributed by atoms with Crippen LogP contribution in [0.5, 0.6) is 0 Å². The lowest BCUT2D eigenvalue weighted by molar-refractivity contribution is 0.510. The Hall–Kier alpha value is -1.45. The number of rotatable bonds is 5. The molecule has 0 amide bonds. The first-order valence-electron chi connectivity index (χ1n) is 6.28. The Balaban J connectivity index is 2.27. The van der Waals surface area contributed by atoms with Crippen LogP contribution in [-0.4, -0.2) is 11.5 Å². The molecule has 0 aliphatic rings. The first kappa shape index (κ1) is 14.0. The largest absolute Gasteiger partial charge is 0.310 e. The summed E-state index contributed by atoms with van der Waals surface area (Å²) in [6, 6.07) is 8.87. The lowest BCUT2D eigenvalue weighted by Gasteiger charge is -2.19. The lowest BCUT2D eigenvalue weighted by atomic mass is 9.99. The predicted molar refractivity (Wildman–Crippen MR) is 75.8 cm³/mol. The van der Waals surface area contributed by atoms with E-state index in [0.717, 1.165) is 12.1 Å². The van der Waals surface area contributed by atoms with Crippen LogP contribution in [0.15, 0.2) is 42.7 Å². The van der Waals surface area contributed by atoms with Crippen LogP contribution >= 0.6 is 11.6 Å². The minimum atomic E-state index is -0.348. The summed E-state index contributed by atoms with van der Waals surface area (Å²) in [5, 5.41) is 3.45. The van der Waals surface area contributed by atoms with E-state index in [1.54, 1.807) is 30.6 Å². The van der Waals surface area contributed by atoms with Crippen LogP contribution < -0.4 is 5.32 Å². The molecule has 4 heteroatoms. The number of pyridine rings is 1. The van der Waals surface area contributed by atoms with Crippen molar-refractivity contribution in [1.29, 1.82) is 0 Å². The molecule has 0 aliphatic heterocycles. The van der Waals surface area contributed by atoms with Gasteiger partial charge in [0.05, 0.1) is 5.02 Å². The Labute approximate surface area is 117 Å². The highest BCUT2D eigenvalue weighted by Crippen LogP contribution is 2.25. The van der Waals surface area contributed by atoms with E-state index in [1.165, 1.54) is 0 Å². The van der Waals surface area contributed by atoms with Crippen molar-refractivity contribution >= 4 is 11.6 Å². The van der Waals surface area contributed by atoms with Gasteiger partial charge in [0.2, 0.25) is 0 Å². The SMILES string of the molecule is CCNC(Cc1cccnc1)c1cccc(Cl)c1F. The summed E-state index contributed by atoms with van der Waals surface area (Å²) < 4.78 is 14.1. The third-order valence-corrected chi connectivity index (χ3v) is 3.26. The third-order valence-electron chi connectivity index (χ3n) is 2.97. The normalized spacial score (nSPS) is 12.4. The molecule has 2 aromatic rings. The van der Waals surface area contributed by atoms with Crippen LogP contribution in [0.2, 0.25) is 5.02 Å². The van der Waals surface area contributed by atoms with E-state index in [0.29, 0.717) is 12.0 Å². The topological polar surface area (TPSA) is 24.9 Å². The van der Waals surface area contributed by atoms with Crippen molar-refractivity contribution in [1.82, 2.24) is 10.3 Å². The molecule has 0 bridgehead atoms. The molecule has 0 radical (unpaired) electrons. The maximum atomic E-state index is 14.1. The van der Waals surface area contributed by atoms with Gasteiger partial charge in [0.15, 0.2) is 0 Å². The molecular formula is C15H16ClFN2. The zero-order valence-corrected chi connectivity index (χ0v) is 11.5. The van der Waals surface area contributed by atoms with Crippen LogP contribution in [-0.2, 0) is 6.42 Å². The average Bonchev–Trinajstić information content (AvgIpc) is 2.43. The molecule has 0 fully saturated rings. The molecule has 0 saturated heterocycles. The van der Waals surface area contributed by atoms with E-state index in [4.69, 9.17) is 11.6 Å². The van der Waals surface area contributed by atoms with Gasteiger partial charge in [-0.25, -0.2) is 4.39 Å². The Bertz CT molecular complexity index is 531. The number of halogens is 2. The first-order valence-corrected chi connectivity index (χ1v) is 6.66. The lowest BCUT2D eigenvalue weighted by Crippen LogP contribution is -2.24. The Kier molecular flexibility index (Phi) is 4.88. The highest BCUT2D eigenvalue weighted by molar-refractivity contribution is 6.30. The monoisotopic (exact) mass is 278 g/mol. The molecule has 19 heavy (non-hydrogen) atoms. The molecular weight excluding hydrogens is 263 g/mol. The van der Waals surface area contributed by atoms with Gasteiger partial charge in [0.1, 0.15) is 5.82 Å². The molecule has 1 atom stereocenters. The fraction of sp³-hybridized carbons (Fsp3) is 0.267. The quantitative estimate of drug-likeness (QED) is 0.901. The summed E-state index contributed by atoms with van der Waals surface area (Å²) in [6.45, 7) is 2.76. The van der Waals surface area contributed by atoms with Crippen molar-refractivity contribution in [3.63, 3.8) is 0 Å². The number of nitrogens with zero attached hydrogens (tertiary/aromatic N) is 1. The molecule has 1 N–H and O–H groups in total. The van der Waals surface area contributed by atoms with Gasteiger partial charge in [0, 0.05) is 24.0 Å². The molecule has 2 nitrogen and oxygen atoms in total. The van der Waals surface area contributed by atoms with Crippen molar-refractivity contribution in [2.75, 3.05) is 6.54 Å². The molecule has 1 heterocycles. The van der Waals surface area contributed by atoms with Gasteiger partial charge < -0.3 is 5.32 Å². The molecule has 1 aromatic heterocycles. The van der Waals surface area contributed by atoms with E-state index in [-0.39, 0.29) is 16.9 Å². The van der Waals surface area contributed by atoms with Crippen molar-refractivity contribution in [3.8, 4) is 0 Å². The predicted octanol–water partition coefficient (Wildman–Crippen LogP) is 3.77. The van der Waals surface area contributed by atoms with E-state index < -0.39 is 0 Å². The third kappa shape index (κ3) is 3.52. The minimum absolute atomic E-state index is 0.104. The zero-order valence-electron chi connectivity index (χ0n) is 10.7. The minimum Gasteiger partial charge on any atom is -0.310 e. The van der Waals surface area contributed by atoms with Gasteiger partial charge in [-0.15, -0.1) is 0 Å². The summed E-state index contributed by atoms with van der Waals surface area (Å²) in [5.41, 5.74) is 1.66. The van der Waals surface area contributed by atoms with Gasteiger partial charge in [-0.05, 0) is 30.7 Å². The molecule has 0 saturated carbocycles. The van der Waals surface area contributed by atoms with E-state index in [1.807, 2.05) is 19.1 Å². The highest BCUT2D eigenvalue weighted by atomic mass is 35.5. The van der Waals surface area contributed by atoms with Crippen LogP contribution in [0.4, 0.5) is 4.39 Å². The smallest absolute Gasteiger partial charge is 0.146 e. The number of aromatic nitrogens is 1.